The van der Waals surface area contributed by atoms with E-state index in [0.717, 1.165) is 97.8 Å². The van der Waals surface area contributed by atoms with Gasteiger partial charge in [-0.25, -0.2) is 0 Å². The molecule has 0 saturated carbocycles. The number of nitrogens with zero attached hydrogens (tertiary/aromatic N) is 7. The first-order chi connectivity index (χ1) is 22.0. The van der Waals surface area contributed by atoms with E-state index in [1.807, 2.05) is 30.3 Å². The maximum absolute atomic E-state index is 10.5. The number of ether oxygens (including phenoxy) is 2. The zero-order valence-corrected chi connectivity index (χ0v) is 25.8. The molecule has 4 aliphatic heterocycles. The number of likely N-dealkylation sites (tertiary alicyclic amines) is 1. The van der Waals surface area contributed by atoms with Crippen LogP contribution in [0.4, 0.5) is 11.5 Å². The molecule has 10 nitrogen and oxygen atoms in total. The van der Waals surface area contributed by atoms with Crippen molar-refractivity contribution in [3.63, 3.8) is 0 Å². The lowest BCUT2D eigenvalue weighted by Crippen LogP contribution is -2.53. The Balaban J connectivity index is 1.15. The number of anilines is 2. The summed E-state index contributed by atoms with van der Waals surface area (Å²) >= 11 is 0. The van der Waals surface area contributed by atoms with Crippen molar-refractivity contribution in [1.29, 1.82) is 5.26 Å². The first kappa shape index (κ1) is 29.4. The number of nitriles is 1. The maximum Gasteiger partial charge on any atom is 0.318 e. The Labute approximate surface area is 264 Å². The summed E-state index contributed by atoms with van der Waals surface area (Å²) in [6.45, 7) is 14.9. The first-order valence-corrected chi connectivity index (χ1v) is 16.1. The van der Waals surface area contributed by atoms with Crippen molar-refractivity contribution in [3.8, 4) is 17.8 Å². The summed E-state index contributed by atoms with van der Waals surface area (Å²) in [5.41, 5.74) is 3.91. The minimum atomic E-state index is -0.0113. The van der Waals surface area contributed by atoms with E-state index < -0.39 is 0 Å². The van der Waals surface area contributed by atoms with Crippen LogP contribution in [0.15, 0.2) is 61.3 Å². The van der Waals surface area contributed by atoms with Crippen LogP contribution in [0.1, 0.15) is 30.5 Å². The van der Waals surface area contributed by atoms with E-state index in [-0.39, 0.29) is 11.8 Å². The Kier molecular flexibility index (Phi) is 8.21. The van der Waals surface area contributed by atoms with Crippen molar-refractivity contribution in [2.45, 2.75) is 50.4 Å². The SMILES string of the molecule is C=CC(=C)N1CCN(c2nc(OCCCN3C[C@@H]4C[C@H]3CO4)nc3c2CCN(c2cc(O)cc4ccccc24)C3)CC1CC#N. The molecule has 234 valence electrons. The Bertz CT molecular complexity index is 1640. The molecule has 45 heavy (non-hydrogen) atoms. The quantitative estimate of drug-likeness (QED) is 0.266. The van der Waals surface area contributed by atoms with Gasteiger partial charge in [-0.1, -0.05) is 37.4 Å². The number of aromatic nitrogens is 2. The van der Waals surface area contributed by atoms with Crippen LogP contribution in [0, 0.1) is 11.3 Å². The Morgan fingerprint density at radius 2 is 2.04 bits per heavy atom. The van der Waals surface area contributed by atoms with Gasteiger partial charge in [-0.3, -0.25) is 4.90 Å². The summed E-state index contributed by atoms with van der Waals surface area (Å²) in [5.74, 6) is 1.15. The van der Waals surface area contributed by atoms with Crippen molar-refractivity contribution in [1.82, 2.24) is 19.8 Å². The maximum atomic E-state index is 10.5. The summed E-state index contributed by atoms with van der Waals surface area (Å²) in [6.07, 6.45) is 5.34. The summed E-state index contributed by atoms with van der Waals surface area (Å²) in [7, 11) is 0. The van der Waals surface area contributed by atoms with Crippen LogP contribution in [0.3, 0.4) is 0 Å². The molecule has 3 aromatic rings. The fourth-order valence-electron chi connectivity index (χ4n) is 7.46. The molecule has 3 saturated heterocycles. The first-order valence-electron chi connectivity index (χ1n) is 16.1. The second kappa shape index (κ2) is 12.6. The van der Waals surface area contributed by atoms with Crippen LogP contribution in [-0.4, -0.2) is 95.5 Å². The Morgan fingerprint density at radius 3 is 2.84 bits per heavy atom. The minimum absolute atomic E-state index is 0.0113. The number of rotatable bonds is 10. The van der Waals surface area contributed by atoms with Crippen LogP contribution in [-0.2, 0) is 17.7 Å². The van der Waals surface area contributed by atoms with Gasteiger partial charge < -0.3 is 29.3 Å². The standard InChI is InChI=1S/C35H41N7O3/c1-3-24(2)42-15-14-41(20-26(42)9-11-36)34-31-10-13-40(33-19-28(43)17-25-7-4-5-8-30(25)33)22-32(31)37-35(38-34)44-16-6-12-39-21-29-18-27(39)23-45-29/h3-5,7-8,17,19,26-27,29,43H,1-2,6,9-10,12-16,18,20-23H2/t26?,27-,29-/m0/s1. The molecule has 10 heteroatoms. The predicted octanol–water partition coefficient (Wildman–Crippen LogP) is 4.24. The molecule has 0 amide bonds. The molecule has 4 aliphatic rings. The van der Waals surface area contributed by atoms with Gasteiger partial charge in [0.15, 0.2) is 0 Å². The van der Waals surface area contributed by atoms with E-state index in [1.54, 1.807) is 6.08 Å². The van der Waals surface area contributed by atoms with Crippen LogP contribution in [0.2, 0.25) is 0 Å². The summed E-state index contributed by atoms with van der Waals surface area (Å²) in [6, 6.07) is 15.1. The van der Waals surface area contributed by atoms with Crippen molar-refractivity contribution in [2.75, 3.05) is 62.3 Å². The van der Waals surface area contributed by atoms with E-state index in [1.165, 1.54) is 0 Å². The Morgan fingerprint density at radius 1 is 1.16 bits per heavy atom. The van der Waals surface area contributed by atoms with Crippen molar-refractivity contribution in [2.24, 2.45) is 0 Å². The average Bonchev–Trinajstić information content (AvgIpc) is 3.69. The lowest BCUT2D eigenvalue weighted by atomic mass is 10.0. The third-order valence-corrected chi connectivity index (χ3v) is 9.74. The van der Waals surface area contributed by atoms with E-state index in [4.69, 9.17) is 19.4 Å². The number of hydrogen-bond acceptors (Lipinski definition) is 10. The molecule has 3 fully saturated rings. The van der Waals surface area contributed by atoms with Gasteiger partial charge in [-0.2, -0.15) is 15.2 Å². The lowest BCUT2D eigenvalue weighted by molar-refractivity contribution is 0.0287. The molecule has 5 heterocycles. The molecule has 2 bridgehead atoms. The zero-order chi connectivity index (χ0) is 30.9. The van der Waals surface area contributed by atoms with E-state index in [2.05, 4.69) is 44.9 Å². The van der Waals surface area contributed by atoms with E-state index in [9.17, 15) is 10.4 Å². The van der Waals surface area contributed by atoms with Crippen molar-refractivity contribution < 1.29 is 14.6 Å². The number of piperazine rings is 1. The number of fused-ring (bicyclic) bond motifs is 4. The van der Waals surface area contributed by atoms with Crippen molar-refractivity contribution >= 4 is 22.3 Å². The third kappa shape index (κ3) is 5.90. The summed E-state index contributed by atoms with van der Waals surface area (Å²) < 4.78 is 12.0. The van der Waals surface area contributed by atoms with Crippen LogP contribution < -0.4 is 14.5 Å². The van der Waals surface area contributed by atoms with Gasteiger partial charge in [0.25, 0.3) is 0 Å². The fourth-order valence-corrected chi connectivity index (χ4v) is 7.46. The molecular formula is C35H41N7O3. The number of allylic oxidation sites excluding steroid dienone is 1. The highest BCUT2D eigenvalue weighted by atomic mass is 16.5. The van der Waals surface area contributed by atoms with E-state index in [0.29, 0.717) is 44.3 Å². The lowest BCUT2D eigenvalue weighted by Gasteiger charge is -2.43. The van der Waals surface area contributed by atoms with Crippen molar-refractivity contribution in [3.05, 3.63) is 72.6 Å². The minimum Gasteiger partial charge on any atom is -0.508 e. The number of phenols is 1. The molecule has 1 aromatic heterocycles. The molecule has 1 unspecified atom stereocenters. The van der Waals surface area contributed by atoms with Gasteiger partial charge in [0.2, 0.25) is 0 Å². The monoisotopic (exact) mass is 607 g/mol. The molecule has 7 rings (SSSR count). The van der Waals surface area contributed by atoms with Crippen LogP contribution in [0.5, 0.6) is 11.8 Å². The highest BCUT2D eigenvalue weighted by Crippen LogP contribution is 2.37. The van der Waals surface area contributed by atoms with Gasteiger partial charge >= 0.3 is 6.01 Å². The number of hydrogen-bond donors (Lipinski definition) is 1. The second-order valence-electron chi connectivity index (χ2n) is 12.5. The highest BCUT2D eigenvalue weighted by molar-refractivity contribution is 5.95. The normalized spacial score (nSPS) is 22.8. The van der Waals surface area contributed by atoms with Crippen LogP contribution in [0.25, 0.3) is 10.8 Å². The van der Waals surface area contributed by atoms with Gasteiger partial charge in [0.05, 0.1) is 50.1 Å². The van der Waals surface area contributed by atoms with Gasteiger partial charge in [0, 0.05) is 73.7 Å². The van der Waals surface area contributed by atoms with Gasteiger partial charge in [0.1, 0.15) is 11.6 Å². The van der Waals surface area contributed by atoms with Gasteiger partial charge in [-0.05, 0) is 36.8 Å². The highest BCUT2D eigenvalue weighted by Gasteiger charge is 2.38. The average molecular weight is 608 g/mol. The smallest absolute Gasteiger partial charge is 0.318 e. The topological polar surface area (TPSA) is 101 Å². The molecular weight excluding hydrogens is 566 g/mol. The summed E-state index contributed by atoms with van der Waals surface area (Å²) in [5, 5.41) is 22.3. The third-order valence-electron chi connectivity index (χ3n) is 9.74. The molecule has 0 aliphatic carbocycles. The number of aromatic hydroxyl groups is 1. The number of benzene rings is 2. The number of phenolic OH excluding ortho intramolecular Hbond substituents is 1. The molecule has 1 N–H and O–H groups in total. The molecule has 3 atom stereocenters. The van der Waals surface area contributed by atoms with Crippen LogP contribution >= 0.6 is 0 Å². The molecule has 2 aromatic carbocycles. The Hall–Kier alpha value is -4.33. The number of morpholine rings is 1. The molecule has 0 radical (unpaired) electrons. The van der Waals surface area contributed by atoms with Gasteiger partial charge in [-0.15, -0.1) is 0 Å². The van der Waals surface area contributed by atoms with E-state index >= 15 is 0 Å². The largest absolute Gasteiger partial charge is 0.508 e. The predicted molar refractivity (Wildman–Crippen MR) is 175 cm³/mol. The summed E-state index contributed by atoms with van der Waals surface area (Å²) in [4.78, 5) is 19.3. The fraction of sp³-hybridized carbons (Fsp3) is 0.457. The second-order valence-corrected chi connectivity index (χ2v) is 12.5. The molecule has 0 spiro atoms. The zero-order valence-electron chi connectivity index (χ0n) is 25.8.